The van der Waals surface area contributed by atoms with E-state index in [9.17, 15) is 9.59 Å². The van der Waals surface area contributed by atoms with Gasteiger partial charge in [-0.25, -0.2) is 4.98 Å². The van der Waals surface area contributed by atoms with E-state index in [0.29, 0.717) is 11.6 Å². The molecule has 0 saturated carbocycles. The maximum atomic E-state index is 11.5. The van der Waals surface area contributed by atoms with Crippen LogP contribution in [-0.4, -0.2) is 36.6 Å². The van der Waals surface area contributed by atoms with Crippen molar-refractivity contribution in [3.63, 3.8) is 0 Å². The van der Waals surface area contributed by atoms with Crippen molar-refractivity contribution in [2.75, 3.05) is 19.0 Å². The summed E-state index contributed by atoms with van der Waals surface area (Å²) in [6.07, 6.45) is 1.38. The fourth-order valence-corrected chi connectivity index (χ4v) is 1.32. The van der Waals surface area contributed by atoms with Gasteiger partial charge in [0.1, 0.15) is 5.82 Å². The molecule has 7 heteroatoms. The molecule has 0 aliphatic heterocycles. The quantitative estimate of drug-likeness (QED) is 0.795. The van der Waals surface area contributed by atoms with Crippen LogP contribution in [0.25, 0.3) is 0 Å². The Kier molecular flexibility index (Phi) is 5.54. The van der Waals surface area contributed by atoms with Crippen LogP contribution in [-0.2, 0) is 14.3 Å². The second kappa shape index (κ2) is 6.93. The van der Waals surface area contributed by atoms with E-state index < -0.39 is 11.8 Å². The van der Waals surface area contributed by atoms with Crippen molar-refractivity contribution in [2.45, 2.75) is 13.0 Å². The van der Waals surface area contributed by atoms with E-state index in [2.05, 4.69) is 15.6 Å². The van der Waals surface area contributed by atoms with Gasteiger partial charge in [-0.3, -0.25) is 9.59 Å². The Bertz CT molecular complexity index is 422. The van der Waals surface area contributed by atoms with Gasteiger partial charge >= 0.3 is 11.8 Å². The summed E-state index contributed by atoms with van der Waals surface area (Å²) in [5.41, 5.74) is 0. The monoisotopic (exact) mass is 271 g/mol. The number of rotatable bonds is 4. The lowest BCUT2D eigenvalue weighted by molar-refractivity contribution is -0.136. The first kappa shape index (κ1) is 14.4. The molecule has 0 radical (unpaired) electrons. The number of carbonyl (C=O) groups excluding carboxylic acids is 2. The maximum Gasteiger partial charge on any atom is 0.314 e. The Hall–Kier alpha value is -1.66. The van der Waals surface area contributed by atoms with Gasteiger partial charge in [-0.15, -0.1) is 0 Å². The standard InChI is InChI=1S/C11H14ClN3O3/c1-7(6-18-2)14-10(16)11(17)15-9-4-3-8(12)5-13-9/h3-5,7H,6H2,1-2H3,(H,14,16)(H,13,15,17)/t7-/m0/s1. The molecule has 2 amide bonds. The third kappa shape index (κ3) is 4.68. The van der Waals surface area contributed by atoms with Crippen LogP contribution in [0.2, 0.25) is 5.02 Å². The maximum absolute atomic E-state index is 11.5. The minimum atomic E-state index is -0.784. The number of amides is 2. The van der Waals surface area contributed by atoms with Crippen LogP contribution >= 0.6 is 11.6 Å². The highest BCUT2D eigenvalue weighted by Gasteiger charge is 2.16. The average Bonchev–Trinajstić information content (AvgIpc) is 2.32. The zero-order valence-corrected chi connectivity index (χ0v) is 10.8. The molecule has 0 unspecified atom stereocenters. The molecule has 0 aliphatic carbocycles. The van der Waals surface area contributed by atoms with E-state index in [4.69, 9.17) is 16.3 Å². The summed E-state index contributed by atoms with van der Waals surface area (Å²) >= 11 is 5.65. The topological polar surface area (TPSA) is 80.3 Å². The smallest absolute Gasteiger partial charge is 0.314 e. The summed E-state index contributed by atoms with van der Waals surface area (Å²) in [7, 11) is 1.51. The second-order valence-electron chi connectivity index (χ2n) is 3.65. The number of ether oxygens (including phenoxy) is 1. The molecule has 0 bridgehead atoms. The van der Waals surface area contributed by atoms with Gasteiger partial charge in [0, 0.05) is 19.3 Å². The lowest BCUT2D eigenvalue weighted by atomic mass is 10.3. The number of anilines is 1. The Morgan fingerprint density at radius 3 is 2.72 bits per heavy atom. The highest BCUT2D eigenvalue weighted by atomic mass is 35.5. The molecule has 1 atom stereocenters. The van der Waals surface area contributed by atoms with Crippen LogP contribution in [0.15, 0.2) is 18.3 Å². The first-order valence-corrected chi connectivity index (χ1v) is 5.63. The van der Waals surface area contributed by atoms with Crippen LogP contribution < -0.4 is 10.6 Å². The Labute approximate surface area is 110 Å². The third-order valence-electron chi connectivity index (χ3n) is 1.97. The number of carbonyl (C=O) groups is 2. The molecule has 1 aromatic rings. The van der Waals surface area contributed by atoms with Crippen molar-refractivity contribution < 1.29 is 14.3 Å². The van der Waals surface area contributed by atoms with Gasteiger partial charge in [0.2, 0.25) is 0 Å². The van der Waals surface area contributed by atoms with Crippen molar-refractivity contribution in [3.8, 4) is 0 Å². The molecule has 6 nitrogen and oxygen atoms in total. The molecule has 2 N–H and O–H groups in total. The normalized spacial score (nSPS) is 11.7. The molecule has 0 fully saturated rings. The van der Waals surface area contributed by atoms with Crippen molar-refractivity contribution >= 4 is 29.2 Å². The molecule has 0 aromatic carbocycles. The first-order chi connectivity index (χ1) is 8.52. The average molecular weight is 272 g/mol. The molecule has 1 aromatic heterocycles. The highest BCUT2D eigenvalue weighted by molar-refractivity contribution is 6.39. The van der Waals surface area contributed by atoms with Gasteiger partial charge in [0.05, 0.1) is 11.6 Å². The van der Waals surface area contributed by atoms with Crippen molar-refractivity contribution in [1.29, 1.82) is 0 Å². The summed E-state index contributed by atoms with van der Waals surface area (Å²) in [6.45, 7) is 2.06. The number of nitrogens with zero attached hydrogens (tertiary/aromatic N) is 1. The Balaban J connectivity index is 2.49. The van der Waals surface area contributed by atoms with Gasteiger partial charge in [0.15, 0.2) is 0 Å². The fraction of sp³-hybridized carbons (Fsp3) is 0.364. The molecule has 0 spiro atoms. The van der Waals surface area contributed by atoms with Crippen LogP contribution in [0.3, 0.4) is 0 Å². The molecule has 18 heavy (non-hydrogen) atoms. The summed E-state index contributed by atoms with van der Waals surface area (Å²) in [5.74, 6) is -1.26. The molecule has 1 rings (SSSR count). The summed E-state index contributed by atoms with van der Waals surface area (Å²) < 4.78 is 4.84. The predicted octanol–water partition coefficient (Wildman–Crippen LogP) is 0.825. The van der Waals surface area contributed by atoms with E-state index >= 15 is 0 Å². The first-order valence-electron chi connectivity index (χ1n) is 5.25. The third-order valence-corrected chi connectivity index (χ3v) is 2.19. The minimum absolute atomic E-state index is 0.244. The lowest BCUT2D eigenvalue weighted by Crippen LogP contribution is -2.42. The Morgan fingerprint density at radius 2 is 2.17 bits per heavy atom. The molecule has 0 aliphatic rings. The van der Waals surface area contributed by atoms with Crippen molar-refractivity contribution in [1.82, 2.24) is 10.3 Å². The Morgan fingerprint density at radius 1 is 1.44 bits per heavy atom. The SMILES string of the molecule is COC[C@H](C)NC(=O)C(=O)Nc1ccc(Cl)cn1. The number of halogens is 1. The number of methoxy groups -OCH3 is 1. The summed E-state index contributed by atoms with van der Waals surface area (Å²) in [6, 6.07) is 2.83. The van der Waals surface area contributed by atoms with Crippen molar-refractivity contribution in [3.05, 3.63) is 23.4 Å². The van der Waals surface area contributed by atoms with Crippen molar-refractivity contribution in [2.24, 2.45) is 0 Å². The summed E-state index contributed by atoms with van der Waals surface area (Å²) in [5, 5.41) is 5.29. The molecular formula is C11H14ClN3O3. The van der Waals surface area contributed by atoms with Crippen LogP contribution in [0.5, 0.6) is 0 Å². The highest BCUT2D eigenvalue weighted by Crippen LogP contribution is 2.09. The number of aromatic nitrogens is 1. The number of pyridine rings is 1. The molecule has 98 valence electrons. The summed E-state index contributed by atoms with van der Waals surface area (Å²) in [4.78, 5) is 26.8. The van der Waals surface area contributed by atoms with E-state index in [1.54, 1.807) is 13.0 Å². The number of hydrogen-bond acceptors (Lipinski definition) is 4. The fourth-order valence-electron chi connectivity index (χ4n) is 1.20. The predicted molar refractivity (Wildman–Crippen MR) is 67.4 cm³/mol. The van der Waals surface area contributed by atoms with Crippen LogP contribution in [0.4, 0.5) is 5.82 Å². The molecule has 1 heterocycles. The number of nitrogens with one attached hydrogen (secondary N) is 2. The van der Waals surface area contributed by atoms with Gasteiger partial charge in [-0.2, -0.15) is 0 Å². The lowest BCUT2D eigenvalue weighted by Gasteiger charge is -2.12. The largest absolute Gasteiger partial charge is 0.383 e. The van der Waals surface area contributed by atoms with E-state index in [-0.39, 0.29) is 11.9 Å². The van der Waals surface area contributed by atoms with Gasteiger partial charge < -0.3 is 15.4 Å². The zero-order valence-electron chi connectivity index (χ0n) is 10.1. The van der Waals surface area contributed by atoms with Crippen LogP contribution in [0.1, 0.15) is 6.92 Å². The van der Waals surface area contributed by atoms with E-state index in [0.717, 1.165) is 0 Å². The number of hydrogen-bond donors (Lipinski definition) is 2. The van der Waals surface area contributed by atoms with E-state index in [1.165, 1.54) is 19.4 Å². The molecular weight excluding hydrogens is 258 g/mol. The minimum Gasteiger partial charge on any atom is -0.383 e. The molecule has 0 saturated heterocycles. The zero-order chi connectivity index (χ0) is 13.5. The van der Waals surface area contributed by atoms with Gasteiger partial charge in [-0.05, 0) is 19.1 Å². The second-order valence-corrected chi connectivity index (χ2v) is 4.08. The van der Waals surface area contributed by atoms with Gasteiger partial charge in [0.25, 0.3) is 0 Å². The van der Waals surface area contributed by atoms with Crippen LogP contribution in [0, 0.1) is 0 Å². The van der Waals surface area contributed by atoms with E-state index in [1.807, 2.05) is 0 Å². The van der Waals surface area contributed by atoms with Gasteiger partial charge in [-0.1, -0.05) is 11.6 Å².